The summed E-state index contributed by atoms with van der Waals surface area (Å²) in [4.78, 5) is 22.8. The number of halogens is 3. The van der Waals surface area contributed by atoms with Gasteiger partial charge in [0.2, 0.25) is 0 Å². The van der Waals surface area contributed by atoms with Gasteiger partial charge in [0.05, 0.1) is 10.8 Å². The van der Waals surface area contributed by atoms with E-state index in [0.717, 1.165) is 18.2 Å². The number of aliphatic hydroxyl groups is 1. The Morgan fingerprint density at radius 2 is 2.12 bits per heavy atom. The summed E-state index contributed by atoms with van der Waals surface area (Å²) < 4.78 is 41.3. The molecule has 0 saturated heterocycles. The highest BCUT2D eigenvalue weighted by Gasteiger charge is 2.69. The molecule has 3 rings (SSSR count). The highest BCUT2D eigenvalue weighted by molar-refractivity contribution is 6.00. The Kier molecular flexibility index (Phi) is 4.26. The third-order valence-electron chi connectivity index (χ3n) is 4.93. The number of nitro groups is 1. The number of nitro benzene ring substituents is 1. The second kappa shape index (κ2) is 6.04. The van der Waals surface area contributed by atoms with Crippen molar-refractivity contribution in [2.45, 2.75) is 38.1 Å². The van der Waals surface area contributed by atoms with Gasteiger partial charge in [0, 0.05) is 23.4 Å². The van der Waals surface area contributed by atoms with Gasteiger partial charge < -0.3 is 5.11 Å². The summed E-state index contributed by atoms with van der Waals surface area (Å²) in [5.74, 6) is -2.87. The Morgan fingerprint density at radius 3 is 2.73 bits per heavy atom. The van der Waals surface area contributed by atoms with Crippen LogP contribution in [0.25, 0.3) is 0 Å². The first-order valence-corrected chi connectivity index (χ1v) is 8.04. The van der Waals surface area contributed by atoms with E-state index in [4.69, 9.17) is 0 Å². The van der Waals surface area contributed by atoms with E-state index < -0.39 is 34.3 Å². The van der Waals surface area contributed by atoms with Crippen LogP contribution in [0.2, 0.25) is 0 Å². The number of rotatable bonds is 2. The van der Waals surface area contributed by atoms with Gasteiger partial charge in [-0.15, -0.1) is 0 Å². The maximum atomic E-state index is 13.8. The second-order valence-electron chi connectivity index (χ2n) is 6.56. The quantitative estimate of drug-likeness (QED) is 0.638. The number of carbonyl (C=O) groups is 1. The minimum absolute atomic E-state index is 0.0495. The summed E-state index contributed by atoms with van der Waals surface area (Å²) in [5, 5.41) is 25.3. The molecule has 0 bridgehead atoms. The minimum Gasteiger partial charge on any atom is -0.362 e. The molecule has 1 aliphatic heterocycles. The molecule has 1 N–H and O–H groups in total. The number of nitrogens with zero attached hydrogens (tertiary/aromatic N) is 3. The van der Waals surface area contributed by atoms with Gasteiger partial charge in [-0.2, -0.15) is 23.3 Å². The van der Waals surface area contributed by atoms with Crippen molar-refractivity contribution in [3.8, 4) is 0 Å². The lowest BCUT2D eigenvalue weighted by molar-refractivity contribution is -0.384. The fourth-order valence-corrected chi connectivity index (χ4v) is 3.58. The summed E-state index contributed by atoms with van der Waals surface area (Å²) >= 11 is 0. The molecule has 7 nitrogen and oxygen atoms in total. The number of non-ortho nitro benzene ring substituents is 1. The standard InChI is InChI=1S/C16H16F3N3O4/c1-9-4-2-7-12-13(9)20-21(15(12,24)16(17,18)19)14(23)10-5-3-6-11(8-10)22(25)26/h3,5-6,8-9,12,24H,2,4,7H2,1H3/t9-,12-,15-/m1/s1. The zero-order valence-electron chi connectivity index (χ0n) is 13.7. The number of hydrazone groups is 1. The van der Waals surface area contributed by atoms with Crippen LogP contribution in [-0.4, -0.2) is 38.6 Å². The molecule has 1 heterocycles. The van der Waals surface area contributed by atoms with Crippen LogP contribution in [0.4, 0.5) is 18.9 Å². The third kappa shape index (κ3) is 2.64. The van der Waals surface area contributed by atoms with Crippen LogP contribution in [0, 0.1) is 22.0 Å². The lowest BCUT2D eigenvalue weighted by Crippen LogP contribution is -2.61. The molecule has 0 unspecified atom stereocenters. The molecule has 10 heteroatoms. The van der Waals surface area contributed by atoms with E-state index in [1.807, 2.05) is 0 Å². The fourth-order valence-electron chi connectivity index (χ4n) is 3.58. The van der Waals surface area contributed by atoms with Crippen LogP contribution in [0.5, 0.6) is 0 Å². The number of carbonyl (C=O) groups excluding carboxylic acids is 1. The number of amides is 1. The Bertz CT molecular complexity index is 795. The molecule has 0 aromatic heterocycles. The van der Waals surface area contributed by atoms with Crippen molar-refractivity contribution in [2.75, 3.05) is 0 Å². The molecule has 3 atom stereocenters. The van der Waals surface area contributed by atoms with Crippen molar-refractivity contribution in [2.24, 2.45) is 16.9 Å². The second-order valence-corrected chi connectivity index (χ2v) is 6.56. The van der Waals surface area contributed by atoms with E-state index in [1.165, 1.54) is 6.07 Å². The van der Waals surface area contributed by atoms with Crippen LogP contribution in [0.15, 0.2) is 29.4 Å². The third-order valence-corrected chi connectivity index (χ3v) is 4.93. The molecule has 1 aromatic carbocycles. The van der Waals surface area contributed by atoms with Crippen LogP contribution in [0.1, 0.15) is 36.5 Å². The van der Waals surface area contributed by atoms with Crippen LogP contribution in [-0.2, 0) is 0 Å². The maximum absolute atomic E-state index is 13.8. The smallest absolute Gasteiger partial charge is 0.362 e. The molecule has 2 aliphatic rings. The molecule has 0 spiro atoms. The van der Waals surface area contributed by atoms with Crippen molar-refractivity contribution in [3.05, 3.63) is 39.9 Å². The van der Waals surface area contributed by atoms with E-state index in [9.17, 15) is 33.2 Å². The van der Waals surface area contributed by atoms with Gasteiger partial charge in [0.1, 0.15) is 0 Å². The van der Waals surface area contributed by atoms with E-state index in [0.29, 0.717) is 12.8 Å². The van der Waals surface area contributed by atoms with Gasteiger partial charge in [0.15, 0.2) is 0 Å². The van der Waals surface area contributed by atoms with Gasteiger partial charge in [-0.25, -0.2) is 0 Å². The Morgan fingerprint density at radius 1 is 1.42 bits per heavy atom. The van der Waals surface area contributed by atoms with Crippen LogP contribution >= 0.6 is 0 Å². The van der Waals surface area contributed by atoms with Gasteiger partial charge in [-0.05, 0) is 24.8 Å². The van der Waals surface area contributed by atoms with Crippen molar-refractivity contribution in [1.29, 1.82) is 0 Å². The number of fused-ring (bicyclic) bond motifs is 1. The lowest BCUT2D eigenvalue weighted by atomic mass is 9.75. The molecule has 0 radical (unpaired) electrons. The highest BCUT2D eigenvalue weighted by Crippen LogP contribution is 2.49. The number of alkyl halides is 3. The summed E-state index contributed by atoms with van der Waals surface area (Å²) in [6, 6.07) is 4.32. The van der Waals surface area contributed by atoms with Crippen molar-refractivity contribution in [3.63, 3.8) is 0 Å². The molecule has 1 aliphatic carbocycles. The van der Waals surface area contributed by atoms with Crippen molar-refractivity contribution >= 4 is 17.3 Å². The first-order chi connectivity index (χ1) is 12.1. The molecular formula is C16H16F3N3O4. The van der Waals surface area contributed by atoms with E-state index in [2.05, 4.69) is 5.10 Å². The molecular weight excluding hydrogens is 355 g/mol. The molecule has 1 fully saturated rings. The predicted molar refractivity (Wildman–Crippen MR) is 84.2 cm³/mol. The van der Waals surface area contributed by atoms with Gasteiger partial charge in [0.25, 0.3) is 17.3 Å². The monoisotopic (exact) mass is 371 g/mol. The van der Waals surface area contributed by atoms with Crippen LogP contribution in [0.3, 0.4) is 0 Å². The molecule has 1 aromatic rings. The molecule has 140 valence electrons. The van der Waals surface area contributed by atoms with E-state index in [1.54, 1.807) is 6.92 Å². The predicted octanol–water partition coefficient (Wildman–Crippen LogP) is 3.09. The zero-order valence-corrected chi connectivity index (χ0v) is 13.7. The summed E-state index contributed by atoms with van der Waals surface area (Å²) in [6.45, 7) is 1.70. The lowest BCUT2D eigenvalue weighted by Gasteiger charge is -2.39. The van der Waals surface area contributed by atoms with Gasteiger partial charge >= 0.3 is 6.18 Å². The molecule has 1 amide bonds. The minimum atomic E-state index is -5.13. The Labute approximate surface area is 146 Å². The topological polar surface area (TPSA) is 96.0 Å². The number of hydrogen-bond acceptors (Lipinski definition) is 5. The summed E-state index contributed by atoms with van der Waals surface area (Å²) in [5.41, 5.74) is -4.12. The average Bonchev–Trinajstić information content (AvgIpc) is 2.90. The van der Waals surface area contributed by atoms with Crippen molar-refractivity contribution < 1.29 is 28.0 Å². The SMILES string of the molecule is C[C@@H]1CCC[C@@H]2C1=NN(C(=O)c1cccc([N+](=O)[O-])c1)[C@]2(O)C(F)(F)F. The maximum Gasteiger partial charge on any atom is 0.439 e. The Balaban J connectivity index is 2.07. The normalized spacial score (nSPS) is 28.5. The van der Waals surface area contributed by atoms with E-state index in [-0.39, 0.29) is 28.6 Å². The van der Waals surface area contributed by atoms with Gasteiger partial charge in [-0.1, -0.05) is 19.4 Å². The average molecular weight is 371 g/mol. The fraction of sp³-hybridized carbons (Fsp3) is 0.500. The largest absolute Gasteiger partial charge is 0.439 e. The molecule has 1 saturated carbocycles. The van der Waals surface area contributed by atoms with E-state index >= 15 is 0 Å². The first-order valence-electron chi connectivity index (χ1n) is 8.04. The number of hydrogen-bond donors (Lipinski definition) is 1. The first kappa shape index (κ1) is 18.3. The Hall–Kier alpha value is -2.49. The van der Waals surface area contributed by atoms with Crippen LogP contribution < -0.4 is 0 Å². The molecule has 26 heavy (non-hydrogen) atoms. The van der Waals surface area contributed by atoms with Crippen molar-refractivity contribution in [1.82, 2.24) is 5.01 Å². The number of benzene rings is 1. The summed E-state index contributed by atoms with van der Waals surface area (Å²) in [6.07, 6.45) is -3.99. The highest BCUT2D eigenvalue weighted by atomic mass is 19.4. The van der Waals surface area contributed by atoms with Gasteiger partial charge in [-0.3, -0.25) is 14.9 Å². The summed E-state index contributed by atoms with van der Waals surface area (Å²) in [7, 11) is 0. The zero-order chi connectivity index (χ0) is 19.3.